The highest BCUT2D eigenvalue weighted by Crippen LogP contribution is 2.26. The first-order valence-electron chi connectivity index (χ1n) is 5.81. The third-order valence-corrected chi connectivity index (χ3v) is 9.28. The molecule has 1 aliphatic rings. The molecule has 0 nitrogen and oxygen atoms in total. The first kappa shape index (κ1) is 11.5. The van der Waals surface area contributed by atoms with E-state index < -0.39 is 8.07 Å². The molecule has 0 aromatic heterocycles. The van der Waals surface area contributed by atoms with Crippen LogP contribution in [-0.4, -0.2) is 8.07 Å². The van der Waals surface area contributed by atoms with Crippen LogP contribution in [0.4, 0.5) is 0 Å². The molecule has 0 saturated carbocycles. The summed E-state index contributed by atoms with van der Waals surface area (Å²) < 4.78 is 0. The molecule has 1 aliphatic carbocycles. The zero-order chi connectivity index (χ0) is 10.4. The van der Waals surface area contributed by atoms with E-state index in [0.29, 0.717) is 0 Å². The van der Waals surface area contributed by atoms with Gasteiger partial charge in [0.25, 0.3) is 0 Å². The Balaban J connectivity index is 2.60. The van der Waals surface area contributed by atoms with Crippen LogP contribution < -0.4 is 0 Å². The number of rotatable bonds is 5. The summed E-state index contributed by atoms with van der Waals surface area (Å²) in [6.45, 7) is 7.12. The van der Waals surface area contributed by atoms with Gasteiger partial charge in [0, 0.05) is 0 Å². The van der Waals surface area contributed by atoms with Gasteiger partial charge in [0.05, 0.1) is 8.07 Å². The molecule has 1 rings (SSSR count). The summed E-state index contributed by atoms with van der Waals surface area (Å²) in [4.78, 5) is 0. The van der Waals surface area contributed by atoms with E-state index in [1.165, 1.54) is 29.7 Å². The van der Waals surface area contributed by atoms with E-state index in [2.05, 4.69) is 51.2 Å². The van der Waals surface area contributed by atoms with Crippen LogP contribution in [0, 0.1) is 0 Å². The molecule has 0 amide bonds. The van der Waals surface area contributed by atoms with Crippen molar-refractivity contribution >= 4 is 8.07 Å². The lowest BCUT2D eigenvalue weighted by Crippen LogP contribution is -2.30. The molecule has 0 atom stereocenters. The summed E-state index contributed by atoms with van der Waals surface area (Å²) in [5, 5.41) is 0. The van der Waals surface area contributed by atoms with E-state index >= 15 is 0 Å². The maximum Gasteiger partial charge on any atom is 0.0565 e. The van der Waals surface area contributed by atoms with Crippen LogP contribution in [0.15, 0.2) is 36.0 Å². The normalized spacial score (nSPS) is 15.2. The van der Waals surface area contributed by atoms with Gasteiger partial charge in [-0.25, -0.2) is 0 Å². The largest absolute Gasteiger partial charge is 0.0799 e. The van der Waals surface area contributed by atoms with Crippen molar-refractivity contribution in [3.8, 4) is 0 Å². The van der Waals surface area contributed by atoms with Gasteiger partial charge >= 0.3 is 0 Å². The molecular formula is C13H22Si. The summed E-state index contributed by atoms with van der Waals surface area (Å²) >= 11 is 0. The van der Waals surface area contributed by atoms with E-state index in [9.17, 15) is 0 Å². The summed E-state index contributed by atoms with van der Waals surface area (Å²) in [7, 11) is -0.929. The first-order chi connectivity index (χ1) is 6.76. The summed E-state index contributed by atoms with van der Waals surface area (Å²) in [6, 6.07) is 5.64. The van der Waals surface area contributed by atoms with Crippen LogP contribution >= 0.6 is 0 Å². The second kappa shape index (κ2) is 5.35. The molecule has 0 spiro atoms. The Kier molecular flexibility index (Phi) is 4.40. The van der Waals surface area contributed by atoms with Gasteiger partial charge < -0.3 is 0 Å². The van der Waals surface area contributed by atoms with Gasteiger partial charge in [-0.3, -0.25) is 0 Å². The minimum Gasteiger partial charge on any atom is -0.0799 e. The molecule has 0 aliphatic heterocycles. The molecule has 0 unspecified atom stereocenters. The third kappa shape index (κ3) is 2.71. The lowest BCUT2D eigenvalue weighted by Gasteiger charge is -2.26. The lowest BCUT2D eigenvalue weighted by atomic mass is 10.3. The number of hydrogen-bond donors (Lipinski definition) is 0. The molecule has 0 aromatic rings. The molecule has 0 bridgehead atoms. The highest BCUT2D eigenvalue weighted by molar-refractivity contribution is 6.80. The van der Waals surface area contributed by atoms with Crippen molar-refractivity contribution in [3.05, 3.63) is 36.0 Å². The summed E-state index contributed by atoms with van der Waals surface area (Å²) in [6.07, 6.45) is 11.1. The van der Waals surface area contributed by atoms with Crippen LogP contribution in [0.25, 0.3) is 0 Å². The zero-order valence-electron chi connectivity index (χ0n) is 9.72. The van der Waals surface area contributed by atoms with Crippen molar-refractivity contribution in [2.45, 2.75) is 44.9 Å². The Morgan fingerprint density at radius 1 is 1.00 bits per heavy atom. The summed E-state index contributed by atoms with van der Waals surface area (Å²) in [5.74, 6) is 0. The second-order valence-electron chi connectivity index (χ2n) is 4.19. The topological polar surface area (TPSA) is 0 Å². The predicted molar refractivity (Wildman–Crippen MR) is 68.4 cm³/mol. The van der Waals surface area contributed by atoms with E-state index in [4.69, 9.17) is 0 Å². The van der Waals surface area contributed by atoms with Gasteiger partial charge in [0.1, 0.15) is 0 Å². The van der Waals surface area contributed by atoms with Crippen LogP contribution in [0.2, 0.25) is 24.2 Å². The smallest absolute Gasteiger partial charge is 0.0565 e. The SMILES string of the molecule is CC[Si](CC)(CC)CC=C1C=CC=C1. The van der Waals surface area contributed by atoms with Crippen LogP contribution in [0.3, 0.4) is 0 Å². The van der Waals surface area contributed by atoms with Gasteiger partial charge in [-0.1, -0.05) is 69.3 Å². The zero-order valence-corrected chi connectivity index (χ0v) is 10.7. The van der Waals surface area contributed by atoms with Crippen molar-refractivity contribution < 1.29 is 0 Å². The molecule has 0 saturated heterocycles. The van der Waals surface area contributed by atoms with E-state index in [1.807, 2.05) is 0 Å². The number of hydrogen-bond acceptors (Lipinski definition) is 0. The average molecular weight is 206 g/mol. The highest BCUT2D eigenvalue weighted by atomic mass is 28.3. The van der Waals surface area contributed by atoms with E-state index in [1.54, 1.807) is 0 Å². The van der Waals surface area contributed by atoms with Crippen molar-refractivity contribution in [2.75, 3.05) is 0 Å². The Hall–Kier alpha value is -0.563. The minimum absolute atomic E-state index is 0.929. The maximum atomic E-state index is 2.45. The molecule has 14 heavy (non-hydrogen) atoms. The maximum absolute atomic E-state index is 2.45. The fraction of sp³-hybridized carbons (Fsp3) is 0.538. The fourth-order valence-corrected chi connectivity index (χ4v) is 5.08. The Labute approximate surface area is 89.4 Å². The molecule has 0 heterocycles. The Morgan fingerprint density at radius 3 is 1.93 bits per heavy atom. The molecule has 0 fully saturated rings. The van der Waals surface area contributed by atoms with Gasteiger partial charge in [-0.2, -0.15) is 0 Å². The van der Waals surface area contributed by atoms with E-state index in [0.717, 1.165) is 0 Å². The van der Waals surface area contributed by atoms with E-state index in [-0.39, 0.29) is 0 Å². The summed E-state index contributed by atoms with van der Waals surface area (Å²) in [5.41, 5.74) is 1.41. The quantitative estimate of drug-likeness (QED) is 0.579. The fourth-order valence-electron chi connectivity index (χ4n) is 2.04. The lowest BCUT2D eigenvalue weighted by molar-refractivity contribution is 1.14. The average Bonchev–Trinajstić information content (AvgIpc) is 2.74. The van der Waals surface area contributed by atoms with Gasteiger partial charge in [0.2, 0.25) is 0 Å². The third-order valence-electron chi connectivity index (χ3n) is 3.71. The predicted octanol–water partition coefficient (Wildman–Crippen LogP) is 4.55. The Bertz CT molecular complexity index is 232. The minimum atomic E-state index is -0.929. The van der Waals surface area contributed by atoms with Gasteiger partial charge in [-0.05, 0) is 11.6 Å². The Morgan fingerprint density at radius 2 is 1.50 bits per heavy atom. The van der Waals surface area contributed by atoms with Gasteiger partial charge in [0.15, 0.2) is 0 Å². The van der Waals surface area contributed by atoms with Crippen molar-refractivity contribution in [3.63, 3.8) is 0 Å². The van der Waals surface area contributed by atoms with Crippen LogP contribution in [-0.2, 0) is 0 Å². The van der Waals surface area contributed by atoms with Crippen molar-refractivity contribution in [1.29, 1.82) is 0 Å². The van der Waals surface area contributed by atoms with Crippen LogP contribution in [0.1, 0.15) is 20.8 Å². The standard InChI is InChI=1S/C13H22Si/c1-4-14(5-2,6-3)12-11-13-9-7-8-10-13/h7-11H,4-6,12H2,1-3H3. The molecule has 1 heteroatoms. The highest BCUT2D eigenvalue weighted by Gasteiger charge is 2.24. The van der Waals surface area contributed by atoms with Crippen molar-refractivity contribution in [2.24, 2.45) is 0 Å². The molecule has 78 valence electrons. The molecule has 0 N–H and O–H groups in total. The molecule has 0 radical (unpaired) electrons. The first-order valence-corrected chi connectivity index (χ1v) is 8.64. The molecular weight excluding hydrogens is 184 g/mol. The number of allylic oxidation sites excluding steroid dienone is 6. The monoisotopic (exact) mass is 206 g/mol. The van der Waals surface area contributed by atoms with Crippen molar-refractivity contribution in [1.82, 2.24) is 0 Å². The second-order valence-corrected chi connectivity index (χ2v) is 9.72. The molecule has 0 aromatic carbocycles. The van der Waals surface area contributed by atoms with Gasteiger partial charge in [-0.15, -0.1) is 0 Å². The van der Waals surface area contributed by atoms with Crippen LogP contribution in [0.5, 0.6) is 0 Å².